The van der Waals surface area contributed by atoms with Gasteiger partial charge in [0.2, 0.25) is 0 Å². The fourth-order valence-electron chi connectivity index (χ4n) is 3.53. The Kier molecular flexibility index (Phi) is 18.4. The highest BCUT2D eigenvalue weighted by molar-refractivity contribution is 5.69. The molecular weight excluding hydrogens is 334 g/mol. The van der Waals surface area contributed by atoms with Gasteiger partial charge in [-0.05, 0) is 32.1 Å². The van der Waals surface area contributed by atoms with Gasteiger partial charge in [-0.25, -0.2) is 0 Å². The first-order valence-electron chi connectivity index (χ1n) is 12.0. The summed E-state index contributed by atoms with van der Waals surface area (Å²) in [6.45, 7) is 7.62. The second kappa shape index (κ2) is 18.8. The normalized spacial score (nSPS) is 11.7. The molecule has 0 spiro atoms. The molecule has 0 amide bonds. The molecule has 0 aromatic carbocycles. The van der Waals surface area contributed by atoms with Crippen molar-refractivity contribution < 1.29 is 14.0 Å². The van der Waals surface area contributed by atoms with Gasteiger partial charge in [0, 0.05) is 6.42 Å². The SMILES string of the molecule is CCCCCCCCCCCCOC(=O)CCCCC[N+](C)(C)CCCC. The fourth-order valence-corrected chi connectivity index (χ4v) is 3.53. The molecule has 0 bridgehead atoms. The maximum Gasteiger partial charge on any atom is 0.305 e. The number of quaternary nitrogens is 1. The zero-order chi connectivity index (χ0) is 20.2. The van der Waals surface area contributed by atoms with E-state index in [1.54, 1.807) is 0 Å². The van der Waals surface area contributed by atoms with E-state index in [-0.39, 0.29) is 5.97 Å². The summed E-state index contributed by atoms with van der Waals surface area (Å²) in [5.74, 6) is 0.00524. The minimum absolute atomic E-state index is 0.00524. The molecule has 0 atom stereocenters. The molecular formula is C24H50NO2+. The molecule has 3 nitrogen and oxygen atoms in total. The van der Waals surface area contributed by atoms with Gasteiger partial charge in [0.05, 0.1) is 33.8 Å². The first-order valence-corrected chi connectivity index (χ1v) is 12.0. The first-order chi connectivity index (χ1) is 13.0. The second-order valence-electron chi connectivity index (χ2n) is 8.95. The van der Waals surface area contributed by atoms with Gasteiger partial charge in [-0.3, -0.25) is 4.79 Å². The summed E-state index contributed by atoms with van der Waals surface area (Å²) in [5.41, 5.74) is 0. The quantitative estimate of drug-likeness (QED) is 0.130. The third-order valence-electron chi connectivity index (χ3n) is 5.52. The van der Waals surface area contributed by atoms with Crippen LogP contribution in [0.4, 0.5) is 0 Å². The third-order valence-corrected chi connectivity index (χ3v) is 5.52. The van der Waals surface area contributed by atoms with Gasteiger partial charge in [0.15, 0.2) is 0 Å². The van der Waals surface area contributed by atoms with Crippen molar-refractivity contribution in [2.24, 2.45) is 0 Å². The van der Waals surface area contributed by atoms with Crippen LogP contribution in [0.2, 0.25) is 0 Å². The van der Waals surface area contributed by atoms with Crippen LogP contribution in [0, 0.1) is 0 Å². The number of hydrogen-bond acceptors (Lipinski definition) is 2. The topological polar surface area (TPSA) is 26.3 Å². The summed E-state index contributed by atoms with van der Waals surface area (Å²) in [7, 11) is 4.63. The maximum absolute atomic E-state index is 11.8. The molecule has 27 heavy (non-hydrogen) atoms. The van der Waals surface area contributed by atoms with E-state index in [0.717, 1.165) is 23.7 Å². The molecule has 0 N–H and O–H groups in total. The van der Waals surface area contributed by atoms with Crippen molar-refractivity contribution in [2.45, 2.75) is 117 Å². The molecule has 0 aliphatic rings. The summed E-state index contributed by atoms with van der Waals surface area (Å²) in [6, 6.07) is 0. The minimum atomic E-state index is 0.00524. The van der Waals surface area contributed by atoms with Crippen molar-refractivity contribution in [1.29, 1.82) is 0 Å². The van der Waals surface area contributed by atoms with Crippen LogP contribution >= 0.6 is 0 Å². The Balaban J connectivity index is 3.33. The van der Waals surface area contributed by atoms with Gasteiger partial charge in [0.25, 0.3) is 0 Å². The van der Waals surface area contributed by atoms with Crippen LogP contribution in [0.3, 0.4) is 0 Å². The van der Waals surface area contributed by atoms with Crippen LogP contribution in [0.25, 0.3) is 0 Å². The number of ether oxygens (including phenoxy) is 1. The number of carbonyl (C=O) groups is 1. The van der Waals surface area contributed by atoms with Crippen molar-refractivity contribution >= 4 is 5.97 Å². The highest BCUT2D eigenvalue weighted by Crippen LogP contribution is 2.11. The summed E-state index contributed by atoms with van der Waals surface area (Å²) in [6.07, 6.45) is 19.7. The number of carbonyl (C=O) groups excluding carboxylic acids is 1. The molecule has 0 aliphatic carbocycles. The lowest BCUT2D eigenvalue weighted by molar-refractivity contribution is -0.890. The van der Waals surface area contributed by atoms with E-state index in [1.807, 2.05) is 0 Å². The average Bonchev–Trinajstić information content (AvgIpc) is 2.64. The number of esters is 1. The molecule has 0 aliphatic heterocycles. The first kappa shape index (κ1) is 26.4. The summed E-state index contributed by atoms with van der Waals surface area (Å²) >= 11 is 0. The molecule has 0 fully saturated rings. The Hall–Kier alpha value is -0.570. The number of unbranched alkanes of at least 4 members (excludes halogenated alkanes) is 12. The summed E-state index contributed by atoms with van der Waals surface area (Å²) in [4.78, 5) is 11.8. The van der Waals surface area contributed by atoms with Gasteiger partial charge in [-0.15, -0.1) is 0 Å². The molecule has 3 heteroatoms. The average molecular weight is 385 g/mol. The van der Waals surface area contributed by atoms with E-state index in [9.17, 15) is 4.79 Å². The largest absolute Gasteiger partial charge is 0.466 e. The Labute approximate surface area is 170 Å². The molecule has 0 aromatic rings. The zero-order valence-corrected chi connectivity index (χ0v) is 19.2. The van der Waals surface area contributed by atoms with Crippen molar-refractivity contribution in [1.82, 2.24) is 0 Å². The van der Waals surface area contributed by atoms with Gasteiger partial charge in [-0.2, -0.15) is 0 Å². The van der Waals surface area contributed by atoms with Gasteiger partial charge in [0.1, 0.15) is 0 Å². The monoisotopic (exact) mass is 384 g/mol. The molecule has 0 unspecified atom stereocenters. The van der Waals surface area contributed by atoms with Gasteiger partial charge in [-0.1, -0.05) is 78.1 Å². The predicted octanol–water partition coefficient (Wildman–Crippen LogP) is 6.89. The van der Waals surface area contributed by atoms with Crippen LogP contribution in [0.1, 0.15) is 117 Å². The molecule has 0 aromatic heterocycles. The van der Waals surface area contributed by atoms with E-state index < -0.39 is 0 Å². The van der Waals surface area contributed by atoms with Crippen molar-refractivity contribution in [3.8, 4) is 0 Å². The Morgan fingerprint density at radius 3 is 1.70 bits per heavy atom. The lowest BCUT2D eigenvalue weighted by atomic mass is 10.1. The molecule has 0 saturated heterocycles. The Bertz CT molecular complexity index is 328. The van der Waals surface area contributed by atoms with Crippen LogP contribution in [0.15, 0.2) is 0 Å². The predicted molar refractivity (Wildman–Crippen MR) is 118 cm³/mol. The van der Waals surface area contributed by atoms with E-state index in [2.05, 4.69) is 27.9 Å². The standard InChI is InChI=1S/C24H50NO2/c1-5-7-9-10-11-12-13-14-15-19-23-27-24(26)20-17-16-18-22-25(3,4)21-8-6-2/h5-23H2,1-4H3/q+1. The number of rotatable bonds is 20. The summed E-state index contributed by atoms with van der Waals surface area (Å²) in [5, 5.41) is 0. The number of nitrogens with zero attached hydrogens (tertiary/aromatic N) is 1. The van der Waals surface area contributed by atoms with Crippen molar-refractivity contribution in [2.75, 3.05) is 33.8 Å². The lowest BCUT2D eigenvalue weighted by Gasteiger charge is -2.29. The fraction of sp³-hybridized carbons (Fsp3) is 0.958. The second-order valence-corrected chi connectivity index (χ2v) is 8.95. The van der Waals surface area contributed by atoms with E-state index in [0.29, 0.717) is 13.0 Å². The zero-order valence-electron chi connectivity index (χ0n) is 19.2. The Morgan fingerprint density at radius 1 is 0.630 bits per heavy atom. The third kappa shape index (κ3) is 20.0. The molecule has 0 heterocycles. The van der Waals surface area contributed by atoms with Gasteiger partial charge >= 0.3 is 5.97 Å². The van der Waals surface area contributed by atoms with E-state index in [4.69, 9.17) is 4.74 Å². The van der Waals surface area contributed by atoms with Crippen LogP contribution in [-0.2, 0) is 9.53 Å². The van der Waals surface area contributed by atoms with E-state index in [1.165, 1.54) is 90.1 Å². The maximum atomic E-state index is 11.8. The minimum Gasteiger partial charge on any atom is -0.466 e. The van der Waals surface area contributed by atoms with Gasteiger partial charge < -0.3 is 9.22 Å². The van der Waals surface area contributed by atoms with Crippen LogP contribution < -0.4 is 0 Å². The molecule has 0 saturated carbocycles. The highest BCUT2D eigenvalue weighted by atomic mass is 16.5. The van der Waals surface area contributed by atoms with Crippen molar-refractivity contribution in [3.63, 3.8) is 0 Å². The van der Waals surface area contributed by atoms with Crippen molar-refractivity contribution in [3.05, 3.63) is 0 Å². The lowest BCUT2D eigenvalue weighted by Crippen LogP contribution is -2.41. The molecule has 0 radical (unpaired) electrons. The van der Waals surface area contributed by atoms with Crippen LogP contribution in [-0.4, -0.2) is 44.2 Å². The highest BCUT2D eigenvalue weighted by Gasteiger charge is 2.13. The smallest absolute Gasteiger partial charge is 0.305 e. The molecule has 162 valence electrons. The number of hydrogen-bond donors (Lipinski definition) is 0. The summed E-state index contributed by atoms with van der Waals surface area (Å²) < 4.78 is 6.48. The van der Waals surface area contributed by atoms with Crippen LogP contribution in [0.5, 0.6) is 0 Å². The Morgan fingerprint density at radius 2 is 1.11 bits per heavy atom. The van der Waals surface area contributed by atoms with E-state index >= 15 is 0 Å². The molecule has 0 rings (SSSR count).